The number of carboxylic acid groups (broad SMARTS) is 1. The number of aliphatic carboxylic acids is 1. The van der Waals surface area contributed by atoms with E-state index in [1.54, 1.807) is 18.2 Å². The molecule has 1 aromatic carbocycles. The lowest BCUT2D eigenvalue weighted by atomic mass is 10.1. The molecule has 18 heavy (non-hydrogen) atoms. The van der Waals surface area contributed by atoms with Crippen LogP contribution < -0.4 is 0 Å². The zero-order valence-electron chi connectivity index (χ0n) is 9.61. The number of nitrogens with zero attached hydrogens (tertiary/aromatic N) is 1. The Labute approximate surface area is 105 Å². The van der Waals surface area contributed by atoms with Gasteiger partial charge in [0.25, 0.3) is 0 Å². The van der Waals surface area contributed by atoms with Crippen LogP contribution in [0.15, 0.2) is 46.9 Å². The van der Waals surface area contributed by atoms with Crippen LogP contribution in [0.5, 0.6) is 0 Å². The number of carboxylic acids is 1. The van der Waals surface area contributed by atoms with Crippen LogP contribution in [0.25, 0.3) is 0 Å². The molecule has 1 aliphatic rings. The molecule has 0 spiro atoms. The summed E-state index contributed by atoms with van der Waals surface area (Å²) < 4.78 is 25.7. The fourth-order valence-corrected chi connectivity index (χ4v) is 3.21. The van der Waals surface area contributed by atoms with Gasteiger partial charge in [0.05, 0.1) is 4.90 Å². The Kier molecular flexibility index (Phi) is 3.49. The van der Waals surface area contributed by atoms with E-state index in [4.69, 9.17) is 5.11 Å². The van der Waals surface area contributed by atoms with Gasteiger partial charge in [0.15, 0.2) is 0 Å². The molecule has 0 unspecified atom stereocenters. The van der Waals surface area contributed by atoms with Crippen LogP contribution in [0.2, 0.25) is 0 Å². The van der Waals surface area contributed by atoms with E-state index in [1.807, 2.05) is 0 Å². The summed E-state index contributed by atoms with van der Waals surface area (Å²) in [7, 11) is -3.52. The van der Waals surface area contributed by atoms with E-state index in [9.17, 15) is 13.2 Å². The van der Waals surface area contributed by atoms with Crippen molar-refractivity contribution in [2.75, 3.05) is 13.1 Å². The summed E-state index contributed by atoms with van der Waals surface area (Å²) in [5.41, 5.74) is 0.273. The summed E-state index contributed by atoms with van der Waals surface area (Å²) in [6.45, 7) is 0.314. The predicted octanol–water partition coefficient (Wildman–Crippen LogP) is 1.09. The van der Waals surface area contributed by atoms with Crippen molar-refractivity contribution in [2.45, 2.75) is 11.3 Å². The smallest absolute Gasteiger partial charge is 0.331 e. The molecular formula is C12H13NO4S. The summed E-state index contributed by atoms with van der Waals surface area (Å²) in [4.78, 5) is 11.0. The van der Waals surface area contributed by atoms with Gasteiger partial charge < -0.3 is 5.11 Å². The molecule has 0 saturated carbocycles. The molecule has 1 N–H and O–H groups in total. The summed E-state index contributed by atoms with van der Waals surface area (Å²) >= 11 is 0. The van der Waals surface area contributed by atoms with Gasteiger partial charge >= 0.3 is 5.97 Å². The molecule has 0 atom stereocenters. The Bertz CT molecular complexity index is 577. The van der Waals surface area contributed by atoms with Crippen molar-refractivity contribution in [3.05, 3.63) is 42.0 Å². The van der Waals surface area contributed by atoms with Gasteiger partial charge in [-0.3, -0.25) is 0 Å². The van der Waals surface area contributed by atoms with Gasteiger partial charge in [-0.1, -0.05) is 24.3 Å². The summed E-state index contributed by atoms with van der Waals surface area (Å²) in [5, 5.41) is 8.81. The highest BCUT2D eigenvalue weighted by molar-refractivity contribution is 7.89. The molecule has 0 saturated heterocycles. The van der Waals surface area contributed by atoms with Crippen molar-refractivity contribution in [3.63, 3.8) is 0 Å². The number of carbonyl (C=O) groups is 1. The highest BCUT2D eigenvalue weighted by Crippen LogP contribution is 2.20. The third-order valence-electron chi connectivity index (χ3n) is 2.83. The molecule has 0 aromatic heterocycles. The van der Waals surface area contributed by atoms with Gasteiger partial charge in [-0.05, 0) is 18.6 Å². The zero-order valence-corrected chi connectivity index (χ0v) is 10.4. The van der Waals surface area contributed by atoms with Crippen LogP contribution in [0.1, 0.15) is 6.42 Å². The summed E-state index contributed by atoms with van der Waals surface area (Å²) in [6.07, 6.45) is 1.69. The Morgan fingerprint density at radius 1 is 1.22 bits per heavy atom. The Morgan fingerprint density at radius 2 is 1.89 bits per heavy atom. The SMILES string of the molecule is O=C(O)C1=CCN(S(=O)(=O)c2ccccc2)CC1. The van der Waals surface area contributed by atoms with E-state index in [2.05, 4.69) is 0 Å². The maximum atomic E-state index is 12.2. The van der Waals surface area contributed by atoms with E-state index in [1.165, 1.54) is 22.5 Å². The summed E-state index contributed by atoms with van der Waals surface area (Å²) in [5.74, 6) is -0.980. The fraction of sp³-hybridized carbons (Fsp3) is 0.250. The number of rotatable bonds is 3. The highest BCUT2D eigenvalue weighted by atomic mass is 32.2. The largest absolute Gasteiger partial charge is 0.478 e. The van der Waals surface area contributed by atoms with Gasteiger partial charge in [0.1, 0.15) is 0 Å². The van der Waals surface area contributed by atoms with Crippen LogP contribution in [-0.2, 0) is 14.8 Å². The van der Waals surface area contributed by atoms with E-state index in [-0.39, 0.29) is 30.0 Å². The number of benzene rings is 1. The second kappa shape index (κ2) is 4.91. The molecule has 0 bridgehead atoms. The summed E-state index contributed by atoms with van der Waals surface area (Å²) in [6, 6.07) is 8.14. The fourth-order valence-electron chi connectivity index (χ4n) is 1.80. The van der Waals surface area contributed by atoms with Crippen LogP contribution in [-0.4, -0.2) is 36.9 Å². The molecule has 0 radical (unpaired) electrons. The van der Waals surface area contributed by atoms with Crippen molar-refractivity contribution in [1.29, 1.82) is 0 Å². The van der Waals surface area contributed by atoms with E-state index >= 15 is 0 Å². The molecule has 5 nitrogen and oxygen atoms in total. The van der Waals surface area contributed by atoms with Crippen molar-refractivity contribution >= 4 is 16.0 Å². The molecule has 1 aliphatic heterocycles. The van der Waals surface area contributed by atoms with Crippen molar-refractivity contribution < 1.29 is 18.3 Å². The Morgan fingerprint density at radius 3 is 2.39 bits per heavy atom. The minimum Gasteiger partial charge on any atom is -0.478 e. The second-order valence-corrected chi connectivity index (χ2v) is 5.90. The average molecular weight is 267 g/mol. The molecule has 0 aliphatic carbocycles. The molecule has 1 heterocycles. The topological polar surface area (TPSA) is 74.7 Å². The third-order valence-corrected chi connectivity index (χ3v) is 4.71. The first kappa shape index (κ1) is 12.8. The lowest BCUT2D eigenvalue weighted by Gasteiger charge is -2.24. The lowest BCUT2D eigenvalue weighted by Crippen LogP contribution is -2.35. The van der Waals surface area contributed by atoms with Crippen LogP contribution in [0.4, 0.5) is 0 Å². The molecule has 1 aromatic rings. The maximum Gasteiger partial charge on any atom is 0.331 e. The van der Waals surface area contributed by atoms with E-state index in [0.29, 0.717) is 0 Å². The molecule has 0 fully saturated rings. The van der Waals surface area contributed by atoms with Crippen LogP contribution >= 0.6 is 0 Å². The van der Waals surface area contributed by atoms with E-state index < -0.39 is 16.0 Å². The molecule has 6 heteroatoms. The maximum absolute atomic E-state index is 12.2. The van der Waals surface area contributed by atoms with Gasteiger partial charge in [-0.15, -0.1) is 0 Å². The van der Waals surface area contributed by atoms with Gasteiger partial charge in [-0.2, -0.15) is 4.31 Å². The first-order valence-electron chi connectivity index (χ1n) is 5.49. The first-order valence-corrected chi connectivity index (χ1v) is 6.93. The van der Waals surface area contributed by atoms with Gasteiger partial charge in [0, 0.05) is 18.7 Å². The predicted molar refractivity (Wildman–Crippen MR) is 65.5 cm³/mol. The third kappa shape index (κ3) is 2.44. The second-order valence-electron chi connectivity index (χ2n) is 3.96. The van der Waals surface area contributed by atoms with Crippen LogP contribution in [0, 0.1) is 0 Å². The highest BCUT2D eigenvalue weighted by Gasteiger charge is 2.27. The van der Waals surface area contributed by atoms with Crippen LogP contribution in [0.3, 0.4) is 0 Å². The minimum absolute atomic E-state index is 0.110. The van der Waals surface area contributed by atoms with Crippen molar-refractivity contribution in [1.82, 2.24) is 4.31 Å². The quantitative estimate of drug-likeness (QED) is 0.889. The van der Waals surface area contributed by atoms with Gasteiger partial charge in [-0.25, -0.2) is 13.2 Å². The van der Waals surface area contributed by atoms with Crippen molar-refractivity contribution in [3.8, 4) is 0 Å². The van der Waals surface area contributed by atoms with Crippen molar-refractivity contribution in [2.24, 2.45) is 0 Å². The first-order chi connectivity index (χ1) is 8.51. The average Bonchev–Trinajstić information content (AvgIpc) is 2.40. The minimum atomic E-state index is -3.52. The Hall–Kier alpha value is -1.66. The molecular weight excluding hydrogens is 254 g/mol. The Balaban J connectivity index is 2.22. The molecule has 0 amide bonds. The lowest BCUT2D eigenvalue weighted by molar-refractivity contribution is -0.132. The van der Waals surface area contributed by atoms with E-state index in [0.717, 1.165) is 0 Å². The molecule has 96 valence electrons. The monoisotopic (exact) mass is 267 g/mol. The number of sulfonamides is 1. The van der Waals surface area contributed by atoms with Gasteiger partial charge in [0.2, 0.25) is 10.0 Å². The zero-order chi connectivity index (χ0) is 13.2. The number of hydrogen-bond acceptors (Lipinski definition) is 3. The standard InChI is InChI=1S/C12H13NO4S/c14-12(15)10-6-8-13(9-7-10)18(16,17)11-4-2-1-3-5-11/h1-6H,7-9H2,(H,14,15). The molecule has 2 rings (SSSR count). The number of hydrogen-bond donors (Lipinski definition) is 1. The normalized spacial score (nSPS) is 17.2.